The first-order valence-corrected chi connectivity index (χ1v) is 12.3. The Morgan fingerprint density at radius 1 is 1.17 bits per heavy atom. The number of hydrogen-bond acceptors (Lipinski definition) is 10. The van der Waals surface area contributed by atoms with Crippen LogP contribution in [0.5, 0.6) is 0 Å². The van der Waals surface area contributed by atoms with Crippen molar-refractivity contribution >= 4 is 22.9 Å². The molecule has 14 nitrogen and oxygen atoms in total. The van der Waals surface area contributed by atoms with E-state index in [2.05, 4.69) is 35.4 Å². The first-order chi connectivity index (χ1) is 19.3. The van der Waals surface area contributed by atoms with Crippen molar-refractivity contribution in [2.24, 2.45) is 7.05 Å². The standard InChI is InChI=1S/C25H24F2N10O4/c1-12-8-15(9-29-19(12)25(4,26)27)20-28-7-6-16(32-20)33-22(38)13(2)37-11-30-21-18(37)23(39)36(24(40)35(21)5)10-17-31-14(3)34-41-17/h6-9,11,13H,10H2,1-5H3,(H,28,32,33,38)/t13-/m0/s1. The zero-order valence-electron chi connectivity index (χ0n) is 22.6. The van der Waals surface area contributed by atoms with Crippen LogP contribution in [0, 0.1) is 13.8 Å². The lowest BCUT2D eigenvalue weighted by molar-refractivity contribution is -0.118. The van der Waals surface area contributed by atoms with Crippen molar-refractivity contribution in [2.45, 2.75) is 46.2 Å². The average molecular weight is 567 g/mol. The van der Waals surface area contributed by atoms with Gasteiger partial charge in [0.1, 0.15) is 24.1 Å². The molecule has 0 unspecified atom stereocenters. The fourth-order valence-corrected chi connectivity index (χ4v) is 4.34. The molecule has 5 aromatic heterocycles. The number of nitrogens with one attached hydrogen (secondary N) is 1. The van der Waals surface area contributed by atoms with E-state index in [0.29, 0.717) is 11.4 Å². The molecule has 0 spiro atoms. The molecular weight excluding hydrogens is 542 g/mol. The Hall–Kier alpha value is -5.15. The summed E-state index contributed by atoms with van der Waals surface area (Å²) in [5, 5.41) is 6.34. The lowest BCUT2D eigenvalue weighted by Crippen LogP contribution is -2.40. The minimum absolute atomic E-state index is 0.0173. The van der Waals surface area contributed by atoms with Gasteiger partial charge in [-0.1, -0.05) is 5.16 Å². The summed E-state index contributed by atoms with van der Waals surface area (Å²) in [5.41, 5.74) is -0.925. The number of halogens is 2. The van der Waals surface area contributed by atoms with Gasteiger partial charge in [0, 0.05) is 31.9 Å². The number of carbonyl (C=O) groups is 1. The van der Waals surface area contributed by atoms with Crippen LogP contribution < -0.4 is 16.6 Å². The van der Waals surface area contributed by atoms with Crippen molar-refractivity contribution in [3.8, 4) is 11.4 Å². The quantitative estimate of drug-likeness (QED) is 0.308. The second-order valence-corrected chi connectivity index (χ2v) is 9.50. The van der Waals surface area contributed by atoms with Crippen LogP contribution in [0.1, 0.15) is 42.9 Å². The van der Waals surface area contributed by atoms with Crippen LogP contribution in [0.15, 0.2) is 45.0 Å². The van der Waals surface area contributed by atoms with Gasteiger partial charge in [-0.05, 0) is 38.5 Å². The molecule has 0 saturated carbocycles. The Balaban J connectivity index is 1.44. The van der Waals surface area contributed by atoms with E-state index < -0.39 is 29.1 Å². The second kappa shape index (κ2) is 10.1. The molecule has 16 heteroatoms. The van der Waals surface area contributed by atoms with Crippen molar-refractivity contribution in [3.63, 3.8) is 0 Å². The van der Waals surface area contributed by atoms with Gasteiger partial charge in [-0.25, -0.2) is 24.3 Å². The van der Waals surface area contributed by atoms with Crippen molar-refractivity contribution in [2.75, 3.05) is 5.32 Å². The number of aromatic nitrogens is 9. The summed E-state index contributed by atoms with van der Waals surface area (Å²) in [6.45, 7) is 5.17. The van der Waals surface area contributed by atoms with E-state index >= 15 is 0 Å². The molecule has 1 amide bonds. The zero-order chi connectivity index (χ0) is 29.6. The maximum atomic E-state index is 13.7. The van der Waals surface area contributed by atoms with E-state index in [1.807, 2.05) is 0 Å². The maximum absolute atomic E-state index is 13.7. The number of alkyl halides is 2. The third-order valence-corrected chi connectivity index (χ3v) is 6.38. The summed E-state index contributed by atoms with van der Waals surface area (Å²) in [7, 11) is 1.45. The molecule has 212 valence electrons. The number of hydrogen-bond donors (Lipinski definition) is 1. The zero-order valence-corrected chi connectivity index (χ0v) is 22.6. The van der Waals surface area contributed by atoms with Crippen molar-refractivity contribution < 1.29 is 18.1 Å². The minimum atomic E-state index is -3.10. The normalized spacial score (nSPS) is 12.6. The SMILES string of the molecule is Cc1noc(Cn2c(=O)c3c(ncn3[C@@H](C)C(=O)Nc3ccnc(-c4cnc(C(C)(F)F)c(C)c4)n3)n(C)c2=O)n1. The highest BCUT2D eigenvalue weighted by Gasteiger charge is 2.28. The van der Waals surface area contributed by atoms with E-state index in [9.17, 15) is 23.2 Å². The summed E-state index contributed by atoms with van der Waals surface area (Å²) >= 11 is 0. The number of fused-ring (bicyclic) bond motifs is 1. The molecule has 5 rings (SSSR count). The Labute approximate surface area is 229 Å². The molecule has 1 atom stereocenters. The van der Waals surface area contributed by atoms with Crippen LogP contribution in [-0.2, 0) is 24.3 Å². The van der Waals surface area contributed by atoms with E-state index in [-0.39, 0.29) is 46.5 Å². The van der Waals surface area contributed by atoms with E-state index in [0.717, 1.165) is 11.5 Å². The van der Waals surface area contributed by atoms with Crippen molar-refractivity contribution in [1.82, 2.24) is 43.8 Å². The van der Waals surface area contributed by atoms with Gasteiger partial charge in [0.25, 0.3) is 11.5 Å². The van der Waals surface area contributed by atoms with Gasteiger partial charge < -0.3 is 14.4 Å². The molecule has 0 aliphatic carbocycles. The molecule has 41 heavy (non-hydrogen) atoms. The van der Waals surface area contributed by atoms with Gasteiger partial charge >= 0.3 is 5.69 Å². The van der Waals surface area contributed by atoms with Gasteiger partial charge in [0.2, 0.25) is 11.8 Å². The summed E-state index contributed by atoms with van der Waals surface area (Å²) in [6, 6.07) is 1.99. The number of aryl methyl sites for hydroxylation is 3. The number of imidazole rings is 1. The number of rotatable bonds is 7. The lowest BCUT2D eigenvalue weighted by atomic mass is 10.1. The molecule has 5 aromatic rings. The lowest BCUT2D eigenvalue weighted by Gasteiger charge is -2.15. The van der Waals surface area contributed by atoms with Crippen LogP contribution in [-0.4, -0.2) is 49.7 Å². The van der Waals surface area contributed by atoms with Gasteiger partial charge in [-0.3, -0.25) is 19.1 Å². The topological polar surface area (TPSA) is 169 Å². The summed E-state index contributed by atoms with van der Waals surface area (Å²) in [4.78, 5) is 60.1. The molecule has 0 aromatic carbocycles. The Morgan fingerprint density at radius 3 is 2.59 bits per heavy atom. The number of pyridine rings is 1. The fraction of sp³-hybridized carbons (Fsp3) is 0.320. The fourth-order valence-electron chi connectivity index (χ4n) is 4.34. The number of carbonyl (C=O) groups excluding carboxylic acids is 1. The highest BCUT2D eigenvalue weighted by molar-refractivity contribution is 5.93. The number of anilines is 1. The number of amides is 1. The molecule has 1 N–H and O–H groups in total. The van der Waals surface area contributed by atoms with Crippen LogP contribution in [0.2, 0.25) is 0 Å². The van der Waals surface area contributed by atoms with Gasteiger partial charge in [-0.15, -0.1) is 0 Å². The van der Waals surface area contributed by atoms with Gasteiger partial charge in [0.15, 0.2) is 22.8 Å². The van der Waals surface area contributed by atoms with Crippen LogP contribution >= 0.6 is 0 Å². The molecule has 0 aliphatic rings. The third kappa shape index (κ3) is 5.10. The van der Waals surface area contributed by atoms with E-state index in [1.54, 1.807) is 13.8 Å². The summed E-state index contributed by atoms with van der Waals surface area (Å²) in [5.74, 6) is -2.93. The Bertz CT molecular complexity index is 1920. The molecule has 5 heterocycles. The highest BCUT2D eigenvalue weighted by Crippen LogP contribution is 2.29. The van der Waals surface area contributed by atoms with E-state index in [1.165, 1.54) is 54.0 Å². The van der Waals surface area contributed by atoms with Crippen LogP contribution in [0.25, 0.3) is 22.6 Å². The van der Waals surface area contributed by atoms with Crippen molar-refractivity contribution in [3.05, 3.63) is 74.7 Å². The third-order valence-electron chi connectivity index (χ3n) is 6.38. The molecule has 0 fully saturated rings. The molecule has 0 saturated heterocycles. The largest absolute Gasteiger partial charge is 0.337 e. The first-order valence-electron chi connectivity index (χ1n) is 12.3. The first kappa shape index (κ1) is 27.4. The highest BCUT2D eigenvalue weighted by atomic mass is 19.3. The summed E-state index contributed by atoms with van der Waals surface area (Å²) < 4.78 is 36.0. The maximum Gasteiger partial charge on any atom is 0.332 e. The monoisotopic (exact) mass is 566 g/mol. The van der Waals surface area contributed by atoms with Gasteiger partial charge in [0.05, 0.1) is 6.33 Å². The Kier molecular flexibility index (Phi) is 6.76. The molecular formula is C25H24F2N10O4. The molecule has 0 aliphatic heterocycles. The Morgan fingerprint density at radius 2 is 1.93 bits per heavy atom. The minimum Gasteiger partial charge on any atom is -0.337 e. The average Bonchev–Trinajstić information content (AvgIpc) is 3.55. The molecule has 0 radical (unpaired) electrons. The van der Waals surface area contributed by atoms with Crippen LogP contribution in [0.4, 0.5) is 14.6 Å². The molecule has 0 bridgehead atoms. The number of nitrogens with zero attached hydrogens (tertiary/aromatic N) is 9. The smallest absolute Gasteiger partial charge is 0.332 e. The van der Waals surface area contributed by atoms with Crippen LogP contribution in [0.3, 0.4) is 0 Å². The predicted molar refractivity (Wildman–Crippen MR) is 140 cm³/mol. The predicted octanol–water partition coefficient (Wildman–Crippen LogP) is 2.11. The van der Waals surface area contributed by atoms with Crippen molar-refractivity contribution in [1.29, 1.82) is 0 Å². The second-order valence-electron chi connectivity index (χ2n) is 9.50. The van der Waals surface area contributed by atoms with Gasteiger partial charge in [-0.2, -0.15) is 13.8 Å². The summed E-state index contributed by atoms with van der Waals surface area (Å²) in [6.07, 6.45) is 3.94. The van der Waals surface area contributed by atoms with E-state index in [4.69, 9.17) is 4.52 Å².